The lowest BCUT2D eigenvalue weighted by atomic mass is 9.80. The number of hydrogen-bond donors (Lipinski definition) is 2. The van der Waals surface area contributed by atoms with Crippen molar-refractivity contribution in [3.05, 3.63) is 134 Å². The zero-order chi connectivity index (χ0) is 31.5. The maximum atomic E-state index is 13.5. The number of carbonyl (C=O) groups is 2. The number of halogens is 1. The van der Waals surface area contributed by atoms with Crippen LogP contribution < -0.4 is 5.32 Å². The van der Waals surface area contributed by atoms with Crippen LogP contribution in [0.1, 0.15) is 66.8 Å². The number of piperidine rings is 1. The lowest BCUT2D eigenvalue weighted by Crippen LogP contribution is -2.33. The Labute approximate surface area is 269 Å². The predicted molar refractivity (Wildman–Crippen MR) is 179 cm³/mol. The molecule has 0 bridgehead atoms. The first kappa shape index (κ1) is 30.6. The molecule has 3 aromatic carbocycles. The molecule has 0 radical (unpaired) electrons. The van der Waals surface area contributed by atoms with E-state index in [9.17, 15) is 14.7 Å². The van der Waals surface area contributed by atoms with Gasteiger partial charge in [-0.25, -0.2) is 9.59 Å². The third-order valence-electron chi connectivity index (χ3n) is 8.96. The van der Waals surface area contributed by atoms with Crippen LogP contribution in [0.25, 0.3) is 17.7 Å². The van der Waals surface area contributed by atoms with Crippen molar-refractivity contribution >= 4 is 41.3 Å². The maximum Gasteiger partial charge on any atom is 0.336 e. The number of benzene rings is 3. The fraction of sp³-hybridized carbons (Fsp3) is 0.263. The molecule has 2 N–H and O–H groups in total. The van der Waals surface area contributed by atoms with E-state index in [-0.39, 0.29) is 12.2 Å². The molecular weight excluding hydrogens is 584 g/mol. The number of nitrogens with zero attached hydrogens (tertiary/aromatic N) is 1. The zero-order valence-electron chi connectivity index (χ0n) is 25.6. The summed E-state index contributed by atoms with van der Waals surface area (Å²) >= 11 is 6.25. The minimum Gasteiger partial charge on any atom is -0.478 e. The van der Waals surface area contributed by atoms with Crippen LogP contribution in [0.2, 0.25) is 5.02 Å². The molecule has 6 rings (SSSR count). The van der Waals surface area contributed by atoms with Crippen LogP contribution in [0.4, 0.5) is 0 Å². The number of carboxylic acid groups (broad SMARTS) is 1. The van der Waals surface area contributed by atoms with Gasteiger partial charge in [-0.2, -0.15) is 0 Å². The van der Waals surface area contributed by atoms with Gasteiger partial charge >= 0.3 is 11.9 Å². The van der Waals surface area contributed by atoms with Crippen LogP contribution in [0, 0.1) is 0 Å². The average molecular weight is 621 g/mol. The number of hydrogen-bond acceptors (Lipinski definition) is 5. The number of carboxylic acids is 1. The highest BCUT2D eigenvalue weighted by Crippen LogP contribution is 2.40. The highest BCUT2D eigenvalue weighted by Gasteiger charge is 2.37. The molecule has 6 nitrogen and oxygen atoms in total. The Morgan fingerprint density at radius 1 is 0.889 bits per heavy atom. The van der Waals surface area contributed by atoms with E-state index in [1.165, 1.54) is 33.4 Å². The first-order valence-corrected chi connectivity index (χ1v) is 15.9. The van der Waals surface area contributed by atoms with E-state index >= 15 is 0 Å². The summed E-state index contributed by atoms with van der Waals surface area (Å²) < 4.78 is 5.77. The second-order valence-electron chi connectivity index (χ2n) is 11.8. The minimum absolute atomic E-state index is 0.114. The van der Waals surface area contributed by atoms with Crippen LogP contribution >= 0.6 is 11.6 Å². The lowest BCUT2D eigenvalue weighted by molar-refractivity contribution is -0.139. The van der Waals surface area contributed by atoms with Gasteiger partial charge in [0.15, 0.2) is 0 Å². The van der Waals surface area contributed by atoms with Crippen LogP contribution in [0.3, 0.4) is 0 Å². The van der Waals surface area contributed by atoms with E-state index in [0.29, 0.717) is 34.0 Å². The first-order chi connectivity index (χ1) is 21.8. The molecule has 45 heavy (non-hydrogen) atoms. The second kappa shape index (κ2) is 13.3. The number of dihydropyridines is 1. The number of aliphatic carboxylic acids is 1. The third kappa shape index (κ3) is 6.39. The Bertz CT molecular complexity index is 1720. The Balaban J connectivity index is 1.10. The second-order valence-corrected chi connectivity index (χ2v) is 12.2. The summed E-state index contributed by atoms with van der Waals surface area (Å²) in [5.74, 6) is -2.38. The quantitative estimate of drug-likeness (QED) is 0.163. The summed E-state index contributed by atoms with van der Waals surface area (Å²) in [6, 6.07) is 24.3. The van der Waals surface area contributed by atoms with Crippen molar-refractivity contribution in [1.29, 1.82) is 0 Å². The van der Waals surface area contributed by atoms with Gasteiger partial charge in [-0.1, -0.05) is 90.0 Å². The van der Waals surface area contributed by atoms with Crippen molar-refractivity contribution < 1.29 is 19.4 Å². The van der Waals surface area contributed by atoms with Gasteiger partial charge in [0.2, 0.25) is 0 Å². The van der Waals surface area contributed by atoms with E-state index < -0.39 is 17.9 Å². The molecule has 1 atom stereocenters. The summed E-state index contributed by atoms with van der Waals surface area (Å²) in [6.45, 7) is 6.44. The standard InChI is InChI=1S/C38H37ClN2O4/c1-24-33(37(42)43)36(29-11-7-12-30(39)23-29)34(25(2)40-24)38(44)45-22-8-19-41-20-17-28(18-21-41)35-31-13-5-3-9-26(31)15-16-27-10-4-6-14-32(27)35/h3-7,9-16,23,36,40H,8,17-22H2,1-2H3,(H,42,43). The number of likely N-dealkylation sites (tertiary alicyclic amines) is 1. The van der Waals surface area contributed by atoms with Crippen molar-refractivity contribution in [2.45, 2.75) is 39.0 Å². The van der Waals surface area contributed by atoms with Crippen molar-refractivity contribution in [3.63, 3.8) is 0 Å². The van der Waals surface area contributed by atoms with Gasteiger partial charge in [0.05, 0.1) is 23.7 Å². The number of nitrogens with one attached hydrogen (secondary N) is 1. The van der Waals surface area contributed by atoms with Crippen LogP contribution in [-0.2, 0) is 14.3 Å². The molecule has 230 valence electrons. The van der Waals surface area contributed by atoms with Gasteiger partial charge in [0.25, 0.3) is 0 Å². The third-order valence-corrected chi connectivity index (χ3v) is 9.20. The Morgan fingerprint density at radius 3 is 2.13 bits per heavy atom. The van der Waals surface area contributed by atoms with E-state index in [1.807, 2.05) is 0 Å². The molecule has 1 aliphatic carbocycles. The van der Waals surface area contributed by atoms with Gasteiger partial charge in [-0.15, -0.1) is 0 Å². The number of fused-ring (bicyclic) bond motifs is 2. The smallest absolute Gasteiger partial charge is 0.336 e. The van der Waals surface area contributed by atoms with Gasteiger partial charge in [-0.05, 0) is 78.6 Å². The zero-order valence-corrected chi connectivity index (χ0v) is 26.4. The fourth-order valence-electron chi connectivity index (χ4n) is 6.84. The van der Waals surface area contributed by atoms with Crippen molar-refractivity contribution in [2.75, 3.05) is 26.2 Å². The fourth-order valence-corrected chi connectivity index (χ4v) is 7.04. The van der Waals surface area contributed by atoms with Crippen LogP contribution in [-0.4, -0.2) is 48.2 Å². The summed E-state index contributed by atoms with van der Waals surface area (Å²) in [5.41, 5.74) is 10.1. The summed E-state index contributed by atoms with van der Waals surface area (Å²) in [4.78, 5) is 28.2. The summed E-state index contributed by atoms with van der Waals surface area (Å²) in [7, 11) is 0. The molecule has 2 heterocycles. The predicted octanol–water partition coefficient (Wildman–Crippen LogP) is 7.67. The number of allylic oxidation sites excluding steroid dienone is 2. The molecule has 3 aromatic rings. The molecule has 2 aliphatic heterocycles. The first-order valence-electron chi connectivity index (χ1n) is 15.5. The van der Waals surface area contributed by atoms with Crippen molar-refractivity contribution in [2.24, 2.45) is 0 Å². The molecule has 0 aromatic heterocycles. The molecule has 7 heteroatoms. The molecule has 0 spiro atoms. The van der Waals surface area contributed by atoms with Gasteiger partial charge in [-0.3, -0.25) is 0 Å². The molecule has 0 saturated carbocycles. The minimum atomic E-state index is -1.09. The average Bonchev–Trinajstić information content (AvgIpc) is 3.20. The number of ether oxygens (including phenoxy) is 1. The van der Waals surface area contributed by atoms with E-state index in [2.05, 4.69) is 70.9 Å². The molecule has 1 saturated heterocycles. The molecule has 1 unspecified atom stereocenters. The Morgan fingerprint density at radius 2 is 1.51 bits per heavy atom. The normalized spacial score (nSPS) is 18.2. The van der Waals surface area contributed by atoms with Gasteiger partial charge < -0.3 is 20.1 Å². The monoisotopic (exact) mass is 620 g/mol. The van der Waals surface area contributed by atoms with Crippen molar-refractivity contribution in [3.8, 4) is 0 Å². The Hall–Kier alpha value is -4.39. The number of rotatable bonds is 7. The molecule has 3 aliphatic rings. The molecule has 1 fully saturated rings. The number of esters is 1. The SMILES string of the molecule is CC1=C(C(=O)O)C(c2cccc(Cl)c2)C(C(=O)OCCCN2CCC(=C3c4ccccc4C=Cc4ccccc43)CC2)=C(C)N1. The van der Waals surface area contributed by atoms with E-state index in [4.69, 9.17) is 16.3 Å². The van der Waals surface area contributed by atoms with E-state index in [0.717, 1.165) is 32.5 Å². The Kier molecular flexibility index (Phi) is 9.06. The molecular formula is C38H37ClN2O4. The topological polar surface area (TPSA) is 78.9 Å². The van der Waals surface area contributed by atoms with Crippen LogP contribution in [0.5, 0.6) is 0 Å². The number of carbonyl (C=O) groups excluding carboxylic acids is 1. The highest BCUT2D eigenvalue weighted by molar-refractivity contribution is 6.30. The van der Waals surface area contributed by atoms with E-state index in [1.54, 1.807) is 38.1 Å². The maximum absolute atomic E-state index is 13.5. The largest absolute Gasteiger partial charge is 0.478 e. The van der Waals surface area contributed by atoms with Gasteiger partial charge in [0.1, 0.15) is 0 Å². The highest BCUT2D eigenvalue weighted by atomic mass is 35.5. The molecule has 0 amide bonds. The van der Waals surface area contributed by atoms with Crippen LogP contribution in [0.15, 0.2) is 101 Å². The summed E-state index contributed by atoms with van der Waals surface area (Å²) in [5, 5.41) is 13.6. The lowest BCUT2D eigenvalue weighted by Gasteiger charge is -2.31. The van der Waals surface area contributed by atoms with Crippen molar-refractivity contribution in [1.82, 2.24) is 10.2 Å². The summed E-state index contributed by atoms with van der Waals surface area (Å²) in [6.07, 6.45) is 7.10. The van der Waals surface area contributed by atoms with Gasteiger partial charge in [0, 0.05) is 36.1 Å².